The number of benzene rings is 1. The summed E-state index contributed by atoms with van der Waals surface area (Å²) in [5.41, 5.74) is 0.942. The van der Waals surface area contributed by atoms with Crippen molar-refractivity contribution < 1.29 is 9.90 Å². The highest BCUT2D eigenvalue weighted by Crippen LogP contribution is 2.23. The minimum Gasteiger partial charge on any atom is -0.390 e. The third kappa shape index (κ3) is 3.83. The van der Waals surface area contributed by atoms with Gasteiger partial charge in [0.1, 0.15) is 0 Å². The molecular weight excluding hydrogens is 304 g/mol. The number of carbonyl (C=O) groups excluding carboxylic acids is 1. The maximum atomic E-state index is 12.9. The summed E-state index contributed by atoms with van der Waals surface area (Å²) in [4.78, 5) is 16.7. The zero-order valence-corrected chi connectivity index (χ0v) is 14.0. The Morgan fingerprint density at radius 3 is 2.83 bits per heavy atom. The van der Waals surface area contributed by atoms with Crippen LogP contribution in [0.2, 0.25) is 0 Å². The molecule has 2 heterocycles. The normalized spacial score (nSPS) is 19.7. The number of aliphatic hydroxyl groups is 1. The molecule has 0 bridgehead atoms. The number of piperidine rings is 1. The van der Waals surface area contributed by atoms with E-state index in [4.69, 9.17) is 0 Å². The van der Waals surface area contributed by atoms with E-state index in [0.29, 0.717) is 13.1 Å². The number of hydrogen-bond acceptors (Lipinski definition) is 4. The molecule has 2 aromatic rings. The molecule has 1 amide bonds. The molecule has 6 nitrogen and oxygen atoms in total. The molecule has 1 aromatic carbocycles. The fraction of sp³-hybridized carbons (Fsp3) is 0.444. The third-order valence-electron chi connectivity index (χ3n) is 4.47. The van der Waals surface area contributed by atoms with Gasteiger partial charge >= 0.3 is 0 Å². The number of anilines is 1. The van der Waals surface area contributed by atoms with Crippen LogP contribution in [0.4, 0.5) is 5.69 Å². The van der Waals surface area contributed by atoms with E-state index in [1.165, 1.54) is 0 Å². The second-order valence-electron chi connectivity index (χ2n) is 6.30. The van der Waals surface area contributed by atoms with E-state index in [2.05, 4.69) is 5.10 Å². The van der Waals surface area contributed by atoms with Gasteiger partial charge in [-0.2, -0.15) is 5.10 Å². The van der Waals surface area contributed by atoms with Crippen LogP contribution in [-0.2, 0) is 11.3 Å². The SMILES string of the molecule is CN(CC(O)Cn1cccn1)C1CCCN(c2ccccc2)C1=O. The highest BCUT2D eigenvalue weighted by molar-refractivity contribution is 5.97. The molecule has 0 spiro atoms. The minimum atomic E-state index is -0.560. The fourth-order valence-electron chi connectivity index (χ4n) is 3.27. The summed E-state index contributed by atoms with van der Waals surface area (Å²) in [6.45, 7) is 1.63. The molecule has 1 saturated heterocycles. The first-order valence-electron chi connectivity index (χ1n) is 8.37. The zero-order chi connectivity index (χ0) is 16.9. The predicted molar refractivity (Wildman–Crippen MR) is 92.7 cm³/mol. The number of rotatable bonds is 6. The number of para-hydroxylation sites is 1. The number of nitrogens with zero attached hydrogens (tertiary/aromatic N) is 4. The van der Waals surface area contributed by atoms with Crippen molar-refractivity contribution in [2.75, 3.05) is 25.0 Å². The van der Waals surface area contributed by atoms with Crippen LogP contribution < -0.4 is 4.90 Å². The van der Waals surface area contributed by atoms with Crippen LogP contribution >= 0.6 is 0 Å². The topological polar surface area (TPSA) is 61.6 Å². The van der Waals surface area contributed by atoms with Gasteiger partial charge in [0.05, 0.1) is 18.7 Å². The van der Waals surface area contributed by atoms with Crippen molar-refractivity contribution in [3.05, 3.63) is 48.8 Å². The standard InChI is InChI=1S/C18H24N4O2/c1-20(13-16(23)14-21-11-6-10-19-21)17-9-5-12-22(18(17)24)15-7-3-2-4-8-15/h2-4,6-8,10-11,16-17,23H,5,9,12-14H2,1H3. The molecule has 2 atom stereocenters. The van der Waals surface area contributed by atoms with Crippen LogP contribution in [0.3, 0.4) is 0 Å². The van der Waals surface area contributed by atoms with Gasteiger partial charge in [0.25, 0.3) is 0 Å². The number of aliphatic hydroxyl groups excluding tert-OH is 1. The molecule has 3 rings (SSSR count). The van der Waals surface area contributed by atoms with Gasteiger partial charge in [0.2, 0.25) is 5.91 Å². The number of likely N-dealkylation sites (N-methyl/N-ethyl adjacent to an activating group) is 1. The number of hydrogen-bond donors (Lipinski definition) is 1. The molecular formula is C18H24N4O2. The van der Waals surface area contributed by atoms with E-state index >= 15 is 0 Å². The van der Waals surface area contributed by atoms with E-state index < -0.39 is 6.10 Å². The fourth-order valence-corrected chi connectivity index (χ4v) is 3.27. The van der Waals surface area contributed by atoms with Gasteiger partial charge in [0.15, 0.2) is 0 Å². The van der Waals surface area contributed by atoms with E-state index in [1.807, 2.05) is 59.4 Å². The first-order valence-corrected chi connectivity index (χ1v) is 8.37. The lowest BCUT2D eigenvalue weighted by atomic mass is 10.0. The Hall–Kier alpha value is -2.18. The lowest BCUT2D eigenvalue weighted by Gasteiger charge is -2.37. The first-order chi connectivity index (χ1) is 11.6. The van der Waals surface area contributed by atoms with Crippen molar-refractivity contribution in [3.63, 3.8) is 0 Å². The highest BCUT2D eigenvalue weighted by atomic mass is 16.3. The Balaban J connectivity index is 1.61. The molecule has 2 unspecified atom stereocenters. The second kappa shape index (κ2) is 7.59. The largest absolute Gasteiger partial charge is 0.390 e. The first kappa shape index (κ1) is 16.7. The van der Waals surface area contributed by atoms with Crippen molar-refractivity contribution in [2.45, 2.75) is 31.5 Å². The highest BCUT2D eigenvalue weighted by Gasteiger charge is 2.33. The van der Waals surface area contributed by atoms with E-state index in [-0.39, 0.29) is 11.9 Å². The van der Waals surface area contributed by atoms with Gasteiger partial charge in [-0.1, -0.05) is 18.2 Å². The molecule has 1 aliphatic rings. The number of carbonyl (C=O) groups is 1. The van der Waals surface area contributed by atoms with Gasteiger partial charge in [-0.3, -0.25) is 14.4 Å². The van der Waals surface area contributed by atoms with Gasteiger partial charge in [-0.15, -0.1) is 0 Å². The lowest BCUT2D eigenvalue weighted by molar-refractivity contribution is -0.125. The van der Waals surface area contributed by atoms with Crippen molar-refractivity contribution >= 4 is 11.6 Å². The maximum Gasteiger partial charge on any atom is 0.244 e. The molecule has 24 heavy (non-hydrogen) atoms. The van der Waals surface area contributed by atoms with Gasteiger partial charge in [-0.25, -0.2) is 0 Å². The Labute approximate surface area is 142 Å². The quantitative estimate of drug-likeness (QED) is 0.870. The molecule has 1 fully saturated rings. The monoisotopic (exact) mass is 328 g/mol. The van der Waals surface area contributed by atoms with E-state index in [9.17, 15) is 9.90 Å². The second-order valence-corrected chi connectivity index (χ2v) is 6.30. The zero-order valence-electron chi connectivity index (χ0n) is 14.0. The summed E-state index contributed by atoms with van der Waals surface area (Å²) in [5.74, 6) is 0.112. The lowest BCUT2D eigenvalue weighted by Crippen LogP contribution is -2.53. The average molecular weight is 328 g/mol. The van der Waals surface area contributed by atoms with Gasteiger partial charge in [-0.05, 0) is 38.1 Å². The Kier molecular flexibility index (Phi) is 5.27. The summed E-state index contributed by atoms with van der Waals surface area (Å²) >= 11 is 0. The Morgan fingerprint density at radius 2 is 2.12 bits per heavy atom. The van der Waals surface area contributed by atoms with Crippen molar-refractivity contribution in [1.82, 2.24) is 14.7 Å². The Morgan fingerprint density at radius 1 is 1.33 bits per heavy atom. The average Bonchev–Trinajstić information content (AvgIpc) is 3.08. The van der Waals surface area contributed by atoms with Crippen LogP contribution in [-0.4, -0.2) is 58.0 Å². The molecule has 128 valence electrons. The van der Waals surface area contributed by atoms with Crippen LogP contribution in [0.1, 0.15) is 12.8 Å². The molecule has 6 heteroatoms. The van der Waals surface area contributed by atoms with Crippen LogP contribution in [0, 0.1) is 0 Å². The van der Waals surface area contributed by atoms with Gasteiger partial charge in [0, 0.05) is 31.2 Å². The minimum absolute atomic E-state index is 0.112. The maximum absolute atomic E-state index is 12.9. The molecule has 1 aromatic heterocycles. The summed E-state index contributed by atoms with van der Waals surface area (Å²) in [7, 11) is 1.91. The van der Waals surface area contributed by atoms with Crippen LogP contribution in [0.5, 0.6) is 0 Å². The molecule has 0 radical (unpaired) electrons. The van der Waals surface area contributed by atoms with Gasteiger partial charge < -0.3 is 10.0 Å². The molecule has 1 N–H and O–H groups in total. The van der Waals surface area contributed by atoms with E-state index in [0.717, 1.165) is 25.1 Å². The summed E-state index contributed by atoms with van der Waals surface area (Å²) in [5, 5.41) is 14.4. The van der Waals surface area contributed by atoms with Crippen molar-refractivity contribution in [2.24, 2.45) is 0 Å². The molecule has 0 saturated carbocycles. The van der Waals surface area contributed by atoms with Crippen molar-refractivity contribution in [1.29, 1.82) is 0 Å². The van der Waals surface area contributed by atoms with Crippen LogP contribution in [0.15, 0.2) is 48.8 Å². The third-order valence-corrected chi connectivity index (χ3v) is 4.47. The van der Waals surface area contributed by atoms with Crippen molar-refractivity contribution in [3.8, 4) is 0 Å². The summed E-state index contributed by atoms with van der Waals surface area (Å²) < 4.78 is 1.71. The molecule has 0 aliphatic carbocycles. The summed E-state index contributed by atoms with van der Waals surface area (Å²) in [6, 6.07) is 11.4. The van der Waals surface area contributed by atoms with Crippen LogP contribution in [0.25, 0.3) is 0 Å². The molecule has 1 aliphatic heterocycles. The summed E-state index contributed by atoms with van der Waals surface area (Å²) in [6.07, 6.45) is 4.75. The number of aromatic nitrogens is 2. The Bertz CT molecular complexity index is 644. The smallest absolute Gasteiger partial charge is 0.244 e. The number of amides is 1. The predicted octanol–water partition coefficient (Wildman–Crippen LogP) is 1.37. The van der Waals surface area contributed by atoms with E-state index in [1.54, 1.807) is 10.9 Å².